The van der Waals surface area contributed by atoms with Gasteiger partial charge in [0.15, 0.2) is 11.6 Å². The Morgan fingerprint density at radius 3 is 2.23 bits per heavy atom. The molecule has 0 amide bonds. The van der Waals surface area contributed by atoms with E-state index in [1.165, 1.54) is 16.2 Å². The van der Waals surface area contributed by atoms with Gasteiger partial charge in [-0.25, -0.2) is 8.78 Å². The van der Waals surface area contributed by atoms with Gasteiger partial charge in [0.05, 0.1) is 12.2 Å². The van der Waals surface area contributed by atoms with Crippen molar-refractivity contribution in [1.82, 2.24) is 20.2 Å². The number of hydrogen-bond donors (Lipinski definition) is 2. The Morgan fingerprint density at radius 2 is 1.60 bits per heavy atom. The molecule has 10 nitrogen and oxygen atoms in total. The molecule has 6 heterocycles. The number of piperazine rings is 1. The minimum Gasteiger partial charge on any atom is -0.463 e. The molecule has 1 saturated carbocycles. The van der Waals surface area contributed by atoms with Crippen LogP contribution < -0.4 is 25.6 Å². The van der Waals surface area contributed by atoms with Crippen LogP contribution in [0.25, 0.3) is 0 Å². The molecule has 5 fully saturated rings. The topological polar surface area (TPSA) is 130 Å². The fourth-order valence-corrected chi connectivity index (χ4v) is 9.27. The molecule has 0 aromatic carbocycles. The van der Waals surface area contributed by atoms with Gasteiger partial charge in [-0.3, -0.25) is 4.90 Å². The second kappa shape index (κ2) is 9.88. The second-order valence-electron chi connectivity index (χ2n) is 13.6. The number of fused-ring (bicyclic) bond motifs is 4. The summed E-state index contributed by atoms with van der Waals surface area (Å²) >= 11 is 1.52. The molecule has 4 atom stereocenters. The number of rotatable bonds is 7. The van der Waals surface area contributed by atoms with E-state index in [4.69, 9.17) is 20.4 Å². The largest absolute Gasteiger partial charge is 0.463 e. The van der Waals surface area contributed by atoms with Crippen molar-refractivity contribution in [1.29, 1.82) is 10.5 Å². The van der Waals surface area contributed by atoms with E-state index in [9.17, 15) is 19.3 Å². The number of thiophene rings is 1. The Balaban J connectivity index is 1.08. The van der Waals surface area contributed by atoms with E-state index in [-0.39, 0.29) is 29.9 Å². The van der Waals surface area contributed by atoms with E-state index in [2.05, 4.69) is 27.3 Å². The highest BCUT2D eigenvalue weighted by Crippen LogP contribution is 2.53. The van der Waals surface area contributed by atoms with Crippen molar-refractivity contribution < 1.29 is 13.5 Å². The van der Waals surface area contributed by atoms with Crippen molar-refractivity contribution in [2.45, 2.75) is 68.4 Å². The van der Waals surface area contributed by atoms with Crippen molar-refractivity contribution in [3.8, 4) is 18.1 Å². The summed E-state index contributed by atoms with van der Waals surface area (Å²) in [5, 5.41) is 24.5. The molecule has 2 aromatic rings. The molecular formula is C30H35F2N9OS. The highest BCUT2D eigenvalue weighted by molar-refractivity contribution is 7.16. The second-order valence-corrected chi connectivity index (χ2v) is 14.7. The van der Waals surface area contributed by atoms with Crippen LogP contribution >= 0.6 is 11.3 Å². The lowest BCUT2D eigenvalue weighted by Crippen LogP contribution is -2.59. The summed E-state index contributed by atoms with van der Waals surface area (Å²) in [5.41, 5.74) is 8.00. The van der Waals surface area contributed by atoms with Crippen molar-refractivity contribution in [3.05, 3.63) is 21.6 Å². The zero-order valence-electron chi connectivity index (χ0n) is 24.0. The molecule has 8 rings (SSSR count). The molecule has 4 saturated heterocycles. The van der Waals surface area contributed by atoms with E-state index in [0.717, 1.165) is 57.2 Å². The molecule has 4 aliphatic heterocycles. The summed E-state index contributed by atoms with van der Waals surface area (Å²) in [7, 11) is 0. The Morgan fingerprint density at radius 1 is 0.953 bits per heavy atom. The molecule has 6 aliphatic rings. The first kappa shape index (κ1) is 27.3. The van der Waals surface area contributed by atoms with Crippen LogP contribution in [0.1, 0.15) is 53.7 Å². The molecule has 13 heteroatoms. The fraction of sp³-hybridized carbons (Fsp3) is 0.667. The van der Waals surface area contributed by atoms with Gasteiger partial charge in [0.2, 0.25) is 0 Å². The predicted octanol–water partition coefficient (Wildman–Crippen LogP) is 2.66. The van der Waals surface area contributed by atoms with E-state index in [0.29, 0.717) is 66.1 Å². The number of halogens is 2. The number of nitrogens with zero attached hydrogens (tertiary/aromatic N) is 7. The molecule has 0 radical (unpaired) electrons. The number of hydrogen-bond acceptors (Lipinski definition) is 11. The molecule has 2 aromatic heterocycles. The summed E-state index contributed by atoms with van der Waals surface area (Å²) in [4.78, 5) is 17.0. The number of aryl methyl sites for hydroxylation is 1. The monoisotopic (exact) mass is 607 g/mol. The zero-order chi connectivity index (χ0) is 29.5. The number of ether oxygens (including phenoxy) is 1. The standard InChI is InChI=1S/C30H35F2N9OS/c31-21-11-39(12-22(21)32)13-29(5-6-29)16-42-28-37-26(40-9-17-1-2-18(10-40)36-17)20(8-34)27(38-28)41-14-30(15-41)4-3-23-24(30)19(7-33)25(35)43-23/h17-18,21-22,36H,1-6,9-16,35H2/t17-,18+,21-,22+. The van der Waals surface area contributed by atoms with E-state index in [1.54, 1.807) is 0 Å². The average molecular weight is 608 g/mol. The number of likely N-dealkylation sites (tertiary alicyclic amines) is 1. The molecule has 226 valence electrons. The number of nitrogens with two attached hydrogens (primary N) is 1. The number of nitrogen functional groups attached to an aromatic ring is 1. The third kappa shape index (κ3) is 4.50. The first-order chi connectivity index (χ1) is 20.8. The molecule has 0 unspecified atom stereocenters. The number of nitrogens with one attached hydrogen (secondary N) is 1. The Hall–Kier alpha value is -3.26. The molecule has 2 aliphatic carbocycles. The van der Waals surface area contributed by atoms with Gasteiger partial charge >= 0.3 is 6.01 Å². The lowest BCUT2D eigenvalue weighted by atomic mass is 9.74. The number of alkyl halides is 2. The molecule has 43 heavy (non-hydrogen) atoms. The fourth-order valence-electron chi connectivity index (χ4n) is 8.13. The van der Waals surface area contributed by atoms with Crippen LogP contribution in [0.15, 0.2) is 0 Å². The first-order valence-corrected chi connectivity index (χ1v) is 16.1. The van der Waals surface area contributed by atoms with Gasteiger partial charge in [-0.05, 0) is 44.1 Å². The lowest BCUT2D eigenvalue weighted by molar-refractivity contribution is 0.163. The van der Waals surface area contributed by atoms with Crippen molar-refractivity contribution in [3.63, 3.8) is 0 Å². The van der Waals surface area contributed by atoms with Gasteiger partial charge in [0, 0.05) is 73.6 Å². The summed E-state index contributed by atoms with van der Waals surface area (Å²) in [6.45, 7) is 4.03. The van der Waals surface area contributed by atoms with Gasteiger partial charge in [0.1, 0.15) is 35.0 Å². The quantitative estimate of drug-likeness (QED) is 0.485. The number of nitriles is 2. The SMILES string of the molecule is N#Cc1c(N2C[C@H]3CC[C@@H](C2)N3)nc(OCC2(CN3C[C@@H](F)[C@@H](F)C3)CC2)nc1N1CC2(CCc3sc(N)c(C#N)c32)C1. The molecular weight excluding hydrogens is 572 g/mol. The normalized spacial score (nSPS) is 29.8. The van der Waals surface area contributed by atoms with E-state index < -0.39 is 12.3 Å². The lowest BCUT2D eigenvalue weighted by Gasteiger charge is -2.49. The van der Waals surface area contributed by atoms with Crippen molar-refractivity contribution in [2.24, 2.45) is 5.41 Å². The Kier molecular flexibility index (Phi) is 6.27. The predicted molar refractivity (Wildman–Crippen MR) is 158 cm³/mol. The smallest absolute Gasteiger partial charge is 0.320 e. The summed E-state index contributed by atoms with van der Waals surface area (Å²) in [5.74, 6) is 1.18. The number of aromatic nitrogens is 2. The van der Waals surface area contributed by atoms with Crippen LogP contribution in [-0.4, -0.2) is 91.7 Å². The highest BCUT2D eigenvalue weighted by Gasteiger charge is 2.53. The highest BCUT2D eigenvalue weighted by atomic mass is 32.1. The molecule has 1 spiro atoms. The third-order valence-electron chi connectivity index (χ3n) is 10.5. The Labute approximate surface area is 253 Å². The van der Waals surface area contributed by atoms with E-state index >= 15 is 0 Å². The Bertz CT molecular complexity index is 1520. The van der Waals surface area contributed by atoms with Gasteiger partial charge in [-0.2, -0.15) is 20.5 Å². The van der Waals surface area contributed by atoms with Crippen LogP contribution in [0.4, 0.5) is 25.4 Å². The van der Waals surface area contributed by atoms with Crippen LogP contribution in [0.2, 0.25) is 0 Å². The van der Waals surface area contributed by atoms with Gasteiger partial charge < -0.3 is 25.6 Å². The van der Waals surface area contributed by atoms with Crippen LogP contribution in [0.3, 0.4) is 0 Å². The van der Waals surface area contributed by atoms with Crippen LogP contribution in [-0.2, 0) is 11.8 Å². The third-order valence-corrected chi connectivity index (χ3v) is 11.6. The first-order valence-electron chi connectivity index (χ1n) is 15.3. The van der Waals surface area contributed by atoms with Gasteiger partial charge in [-0.1, -0.05) is 0 Å². The van der Waals surface area contributed by atoms with Crippen LogP contribution in [0, 0.1) is 28.1 Å². The maximum atomic E-state index is 13.8. The van der Waals surface area contributed by atoms with Crippen molar-refractivity contribution >= 4 is 28.0 Å². The van der Waals surface area contributed by atoms with Crippen LogP contribution in [0.5, 0.6) is 6.01 Å². The van der Waals surface area contributed by atoms with E-state index in [1.807, 2.05) is 4.90 Å². The van der Waals surface area contributed by atoms with Crippen molar-refractivity contribution in [2.75, 3.05) is 68.0 Å². The van der Waals surface area contributed by atoms with Gasteiger partial charge in [-0.15, -0.1) is 11.3 Å². The molecule has 3 N–H and O–H groups in total. The zero-order valence-corrected chi connectivity index (χ0v) is 24.8. The minimum atomic E-state index is -1.43. The number of anilines is 3. The summed E-state index contributed by atoms with van der Waals surface area (Å²) < 4.78 is 34.0. The minimum absolute atomic E-state index is 0.123. The average Bonchev–Trinajstić information content (AvgIpc) is 3.16. The maximum absolute atomic E-state index is 13.8. The maximum Gasteiger partial charge on any atom is 0.320 e. The summed E-state index contributed by atoms with van der Waals surface area (Å²) in [6.07, 6.45) is 3.06. The van der Waals surface area contributed by atoms with Gasteiger partial charge in [0.25, 0.3) is 0 Å². The molecule has 2 bridgehead atoms. The summed E-state index contributed by atoms with van der Waals surface area (Å²) in [6, 6.07) is 5.71.